The van der Waals surface area contributed by atoms with Crippen LogP contribution in [0.4, 0.5) is 0 Å². The quantitative estimate of drug-likeness (QED) is 0.910. The summed E-state index contributed by atoms with van der Waals surface area (Å²) in [5.41, 5.74) is 8.05. The summed E-state index contributed by atoms with van der Waals surface area (Å²) in [4.78, 5) is 0. The van der Waals surface area contributed by atoms with Gasteiger partial charge < -0.3 is 5.73 Å². The maximum atomic E-state index is 6.15. The lowest BCUT2D eigenvalue weighted by Gasteiger charge is -2.10. The SMILES string of the molecule is Cn1ccc(C(N)c2cc(Br)cc(Br)c2)n1. The highest BCUT2D eigenvalue weighted by Crippen LogP contribution is 2.25. The Balaban J connectivity index is 2.37. The van der Waals surface area contributed by atoms with Crippen LogP contribution >= 0.6 is 31.9 Å². The number of aromatic nitrogens is 2. The van der Waals surface area contributed by atoms with Crippen LogP contribution in [-0.2, 0) is 7.05 Å². The molecule has 1 aromatic carbocycles. The van der Waals surface area contributed by atoms with E-state index < -0.39 is 0 Å². The zero-order valence-electron chi connectivity index (χ0n) is 8.69. The fourth-order valence-corrected chi connectivity index (χ4v) is 2.85. The van der Waals surface area contributed by atoms with Crippen LogP contribution in [0.1, 0.15) is 17.3 Å². The molecule has 0 fully saturated rings. The van der Waals surface area contributed by atoms with Gasteiger partial charge in [-0.05, 0) is 29.8 Å². The van der Waals surface area contributed by atoms with Gasteiger partial charge in [-0.15, -0.1) is 0 Å². The first-order chi connectivity index (χ1) is 7.56. The first kappa shape index (κ1) is 11.8. The molecule has 5 heteroatoms. The third-order valence-corrected chi connectivity index (χ3v) is 3.21. The van der Waals surface area contributed by atoms with E-state index in [1.54, 1.807) is 4.68 Å². The van der Waals surface area contributed by atoms with Crippen molar-refractivity contribution in [2.75, 3.05) is 0 Å². The average molecular weight is 345 g/mol. The molecule has 0 aliphatic heterocycles. The molecule has 0 saturated heterocycles. The zero-order valence-corrected chi connectivity index (χ0v) is 11.9. The van der Waals surface area contributed by atoms with Crippen LogP contribution in [-0.4, -0.2) is 9.78 Å². The lowest BCUT2D eigenvalue weighted by Crippen LogP contribution is -2.13. The van der Waals surface area contributed by atoms with E-state index in [0.29, 0.717) is 0 Å². The lowest BCUT2D eigenvalue weighted by atomic mass is 10.1. The molecule has 2 aromatic rings. The maximum absolute atomic E-state index is 6.15. The Kier molecular flexibility index (Phi) is 3.47. The monoisotopic (exact) mass is 343 g/mol. The fourth-order valence-electron chi connectivity index (χ4n) is 1.52. The fraction of sp³-hybridized carbons (Fsp3) is 0.182. The topological polar surface area (TPSA) is 43.8 Å². The van der Waals surface area contributed by atoms with Gasteiger partial charge in [0.05, 0.1) is 11.7 Å². The second-order valence-corrected chi connectivity index (χ2v) is 5.43. The molecule has 16 heavy (non-hydrogen) atoms. The van der Waals surface area contributed by atoms with Gasteiger partial charge in [0.15, 0.2) is 0 Å². The molecule has 0 aliphatic carbocycles. The Morgan fingerprint density at radius 3 is 2.38 bits per heavy atom. The zero-order chi connectivity index (χ0) is 11.7. The van der Waals surface area contributed by atoms with E-state index >= 15 is 0 Å². The Hall–Kier alpha value is -0.650. The van der Waals surface area contributed by atoms with Gasteiger partial charge in [0, 0.05) is 22.2 Å². The molecule has 0 amide bonds. The van der Waals surface area contributed by atoms with Gasteiger partial charge in [-0.1, -0.05) is 31.9 Å². The van der Waals surface area contributed by atoms with E-state index in [1.807, 2.05) is 37.5 Å². The van der Waals surface area contributed by atoms with E-state index in [2.05, 4.69) is 37.0 Å². The van der Waals surface area contributed by atoms with E-state index in [4.69, 9.17) is 5.73 Å². The second-order valence-electron chi connectivity index (χ2n) is 3.59. The Bertz CT molecular complexity index is 487. The molecule has 0 spiro atoms. The highest BCUT2D eigenvalue weighted by Gasteiger charge is 2.12. The molecule has 1 unspecified atom stereocenters. The van der Waals surface area contributed by atoms with Crippen molar-refractivity contribution >= 4 is 31.9 Å². The summed E-state index contributed by atoms with van der Waals surface area (Å²) >= 11 is 6.90. The summed E-state index contributed by atoms with van der Waals surface area (Å²) in [6, 6.07) is 7.72. The van der Waals surface area contributed by atoms with Crippen molar-refractivity contribution in [2.24, 2.45) is 12.8 Å². The minimum atomic E-state index is -0.199. The van der Waals surface area contributed by atoms with Crippen LogP contribution in [0.5, 0.6) is 0 Å². The molecule has 1 aromatic heterocycles. The summed E-state index contributed by atoms with van der Waals surface area (Å²) in [6.45, 7) is 0. The van der Waals surface area contributed by atoms with E-state index in [1.165, 1.54) is 0 Å². The first-order valence-corrected chi connectivity index (χ1v) is 6.36. The summed E-state index contributed by atoms with van der Waals surface area (Å²) in [5.74, 6) is 0. The summed E-state index contributed by atoms with van der Waals surface area (Å²) in [5, 5.41) is 4.31. The van der Waals surface area contributed by atoms with Gasteiger partial charge in [-0.25, -0.2) is 0 Å². The van der Waals surface area contributed by atoms with E-state index in [0.717, 1.165) is 20.2 Å². The van der Waals surface area contributed by atoms with Gasteiger partial charge in [0.25, 0.3) is 0 Å². The van der Waals surface area contributed by atoms with Gasteiger partial charge in [0.1, 0.15) is 0 Å². The van der Waals surface area contributed by atoms with Gasteiger partial charge in [0.2, 0.25) is 0 Å². The predicted octanol–water partition coefficient (Wildman–Crippen LogP) is 2.99. The number of nitrogens with two attached hydrogens (primary N) is 1. The molecular formula is C11H11Br2N3. The van der Waals surface area contributed by atoms with Crippen molar-refractivity contribution in [2.45, 2.75) is 6.04 Å². The molecule has 2 N–H and O–H groups in total. The average Bonchev–Trinajstić information content (AvgIpc) is 2.62. The van der Waals surface area contributed by atoms with E-state index in [9.17, 15) is 0 Å². The molecule has 2 rings (SSSR count). The minimum Gasteiger partial charge on any atom is -0.319 e. The summed E-state index contributed by atoms with van der Waals surface area (Å²) < 4.78 is 3.76. The van der Waals surface area contributed by atoms with Crippen LogP contribution in [0.3, 0.4) is 0 Å². The number of hydrogen-bond acceptors (Lipinski definition) is 2. The van der Waals surface area contributed by atoms with Crippen molar-refractivity contribution in [3.8, 4) is 0 Å². The van der Waals surface area contributed by atoms with Crippen molar-refractivity contribution in [1.82, 2.24) is 9.78 Å². The van der Waals surface area contributed by atoms with Crippen molar-refractivity contribution < 1.29 is 0 Å². The molecule has 3 nitrogen and oxygen atoms in total. The Morgan fingerprint density at radius 1 is 1.25 bits per heavy atom. The van der Waals surface area contributed by atoms with Gasteiger partial charge in [-0.3, -0.25) is 4.68 Å². The lowest BCUT2D eigenvalue weighted by molar-refractivity contribution is 0.715. The summed E-state index contributed by atoms with van der Waals surface area (Å²) in [6.07, 6.45) is 1.89. The Morgan fingerprint density at radius 2 is 1.88 bits per heavy atom. The number of halogens is 2. The third kappa shape index (κ3) is 2.53. The van der Waals surface area contributed by atoms with Crippen molar-refractivity contribution in [1.29, 1.82) is 0 Å². The molecule has 0 aliphatic rings. The van der Waals surface area contributed by atoms with Crippen LogP contribution in [0.15, 0.2) is 39.4 Å². The highest BCUT2D eigenvalue weighted by atomic mass is 79.9. The number of nitrogens with zero attached hydrogens (tertiary/aromatic N) is 2. The second kappa shape index (κ2) is 4.69. The highest BCUT2D eigenvalue weighted by molar-refractivity contribution is 9.11. The summed E-state index contributed by atoms with van der Waals surface area (Å²) in [7, 11) is 1.88. The Labute approximate surface area is 111 Å². The van der Waals surface area contributed by atoms with Crippen LogP contribution in [0.2, 0.25) is 0 Å². The van der Waals surface area contributed by atoms with Gasteiger partial charge >= 0.3 is 0 Å². The van der Waals surface area contributed by atoms with Crippen molar-refractivity contribution in [3.05, 3.63) is 50.7 Å². The van der Waals surface area contributed by atoms with Gasteiger partial charge in [-0.2, -0.15) is 5.10 Å². The third-order valence-electron chi connectivity index (χ3n) is 2.30. The smallest absolute Gasteiger partial charge is 0.0837 e. The first-order valence-electron chi connectivity index (χ1n) is 4.77. The molecule has 0 bridgehead atoms. The van der Waals surface area contributed by atoms with Crippen molar-refractivity contribution in [3.63, 3.8) is 0 Å². The number of rotatable bonds is 2. The number of aryl methyl sites for hydroxylation is 1. The van der Waals surface area contributed by atoms with Crippen LogP contribution in [0, 0.1) is 0 Å². The minimum absolute atomic E-state index is 0.199. The van der Waals surface area contributed by atoms with E-state index in [-0.39, 0.29) is 6.04 Å². The van der Waals surface area contributed by atoms with Crippen LogP contribution < -0.4 is 5.73 Å². The predicted molar refractivity (Wildman–Crippen MR) is 71.1 cm³/mol. The maximum Gasteiger partial charge on any atom is 0.0837 e. The largest absolute Gasteiger partial charge is 0.319 e. The number of hydrogen-bond donors (Lipinski definition) is 1. The number of benzene rings is 1. The standard InChI is InChI=1S/C11H11Br2N3/c1-16-3-2-10(15-16)11(14)7-4-8(12)6-9(13)5-7/h2-6,11H,14H2,1H3. The molecule has 0 radical (unpaired) electrons. The molecule has 1 heterocycles. The molecule has 84 valence electrons. The molecule has 1 atom stereocenters. The molecular weight excluding hydrogens is 334 g/mol. The molecule has 0 saturated carbocycles. The van der Waals surface area contributed by atoms with Crippen LogP contribution in [0.25, 0.3) is 0 Å². The normalized spacial score (nSPS) is 12.8.